The number of hydrogen-bond acceptors (Lipinski definition) is 3. The molecule has 0 spiro atoms. The van der Waals surface area contributed by atoms with E-state index in [-0.39, 0.29) is 50.4 Å². The van der Waals surface area contributed by atoms with E-state index in [1.807, 2.05) is 11.0 Å². The Morgan fingerprint density at radius 1 is 1.53 bits per heavy atom. The summed E-state index contributed by atoms with van der Waals surface area (Å²) in [6.07, 6.45) is 6.16. The third-order valence-electron chi connectivity index (χ3n) is 3.03. The molecule has 0 aliphatic carbocycles. The van der Waals surface area contributed by atoms with Gasteiger partial charge in [0.05, 0.1) is 12.3 Å². The van der Waals surface area contributed by atoms with Crippen LogP contribution in [0.1, 0.15) is 26.2 Å². The molecule has 19 heavy (non-hydrogen) atoms. The molecule has 1 atom stereocenters. The van der Waals surface area contributed by atoms with Gasteiger partial charge in [0.15, 0.2) is 0 Å². The van der Waals surface area contributed by atoms with Crippen molar-refractivity contribution in [2.45, 2.75) is 32.2 Å². The summed E-state index contributed by atoms with van der Waals surface area (Å²) in [6, 6.07) is 0.109. The Labute approximate surface area is 141 Å². The van der Waals surface area contributed by atoms with Gasteiger partial charge in [0, 0.05) is 39.3 Å². The second-order valence-corrected chi connectivity index (χ2v) is 4.57. The predicted octanol–water partition coefficient (Wildman–Crippen LogP) is 1.14. The molecule has 1 aliphatic heterocycles. The minimum atomic E-state index is 0. The van der Waals surface area contributed by atoms with Gasteiger partial charge in [0.2, 0.25) is 5.91 Å². The van der Waals surface area contributed by atoms with Gasteiger partial charge in [-0.15, -0.1) is 0 Å². The standard InChI is InChI=1S/C14H22N2O2.Y/c1-4-12(8-11(2)17)9-13-6-5-7-16(13)14(18)10-15-3;/h8-9,13,15H,1,4-7,10H2,2-3H3;/q-2;/b12-9+;/t13-;/m0./s1. The number of likely N-dealkylation sites (N-methyl/N-ethyl adjacent to an activating group) is 1. The van der Waals surface area contributed by atoms with Crippen LogP contribution < -0.4 is 5.32 Å². The van der Waals surface area contributed by atoms with Crippen molar-refractivity contribution in [3.8, 4) is 0 Å². The van der Waals surface area contributed by atoms with Gasteiger partial charge < -0.3 is 21.9 Å². The molecule has 1 fully saturated rings. The molecule has 1 radical (unpaired) electrons. The van der Waals surface area contributed by atoms with Crippen molar-refractivity contribution < 1.29 is 42.3 Å². The van der Waals surface area contributed by atoms with Gasteiger partial charge in [-0.25, -0.2) is 11.6 Å². The Kier molecular flexibility index (Phi) is 9.58. The van der Waals surface area contributed by atoms with Crippen LogP contribution in [0, 0.1) is 13.3 Å². The van der Waals surface area contributed by atoms with Crippen LogP contribution >= 0.6 is 0 Å². The summed E-state index contributed by atoms with van der Waals surface area (Å²) in [5.41, 5.74) is 0.914. The number of allylic oxidation sites excluding steroid dienone is 1. The van der Waals surface area contributed by atoms with Crippen molar-refractivity contribution in [1.29, 1.82) is 0 Å². The fraction of sp³-hybridized carbons (Fsp3) is 0.571. The van der Waals surface area contributed by atoms with Crippen molar-refractivity contribution in [1.82, 2.24) is 10.2 Å². The molecule has 0 aromatic rings. The van der Waals surface area contributed by atoms with E-state index in [9.17, 15) is 9.59 Å². The molecule has 4 nitrogen and oxygen atoms in total. The van der Waals surface area contributed by atoms with E-state index in [2.05, 4.69) is 12.2 Å². The van der Waals surface area contributed by atoms with E-state index < -0.39 is 0 Å². The van der Waals surface area contributed by atoms with E-state index in [0.29, 0.717) is 13.0 Å². The first-order chi connectivity index (χ1) is 8.58. The van der Waals surface area contributed by atoms with Crippen LogP contribution in [-0.2, 0) is 42.3 Å². The first-order valence-corrected chi connectivity index (χ1v) is 6.37. The van der Waals surface area contributed by atoms with Crippen molar-refractivity contribution in [2.75, 3.05) is 20.1 Å². The number of likely N-dealkylation sites (tertiary alicyclic amines) is 1. The van der Waals surface area contributed by atoms with E-state index in [4.69, 9.17) is 0 Å². The van der Waals surface area contributed by atoms with Crippen LogP contribution in [0.3, 0.4) is 0 Å². The summed E-state index contributed by atoms with van der Waals surface area (Å²) >= 11 is 0. The second kappa shape index (κ2) is 9.68. The Hall–Kier alpha value is -0.186. The fourth-order valence-electron chi connectivity index (χ4n) is 2.24. The van der Waals surface area contributed by atoms with Crippen LogP contribution in [0.25, 0.3) is 0 Å². The van der Waals surface area contributed by atoms with Gasteiger partial charge in [-0.05, 0) is 32.9 Å². The summed E-state index contributed by atoms with van der Waals surface area (Å²) in [5, 5.41) is 2.88. The molecule has 1 aliphatic rings. The van der Waals surface area contributed by atoms with E-state index >= 15 is 0 Å². The average molecular weight is 339 g/mol. The zero-order valence-corrected chi connectivity index (χ0v) is 14.7. The number of nitrogens with one attached hydrogen (secondary N) is 1. The van der Waals surface area contributed by atoms with Crippen LogP contribution in [-0.4, -0.2) is 42.8 Å². The molecule has 1 heterocycles. The molecule has 0 saturated carbocycles. The summed E-state index contributed by atoms with van der Waals surface area (Å²) in [7, 11) is 1.77. The zero-order chi connectivity index (χ0) is 13.5. The van der Waals surface area contributed by atoms with Crippen molar-refractivity contribution in [3.05, 3.63) is 25.0 Å². The van der Waals surface area contributed by atoms with E-state index in [0.717, 1.165) is 25.0 Å². The van der Waals surface area contributed by atoms with Crippen LogP contribution in [0.5, 0.6) is 0 Å². The van der Waals surface area contributed by atoms with Crippen molar-refractivity contribution in [3.63, 3.8) is 0 Å². The molecule has 1 rings (SSSR count). The van der Waals surface area contributed by atoms with Gasteiger partial charge >= 0.3 is 0 Å². The third kappa shape index (κ3) is 6.20. The maximum atomic E-state index is 11.9. The Morgan fingerprint density at radius 3 is 2.74 bits per heavy atom. The molecular formula is C14H22N2O2Y-2. The number of carbonyl (C=O) groups excluding carboxylic acids is 2. The molecule has 0 aromatic carbocycles. The van der Waals surface area contributed by atoms with Gasteiger partial charge in [-0.2, -0.15) is 12.8 Å². The minimum Gasteiger partial charge on any atom is -0.351 e. The maximum Gasteiger partial charge on any atom is 0.235 e. The Balaban J connectivity index is 0.00000324. The summed E-state index contributed by atoms with van der Waals surface area (Å²) in [5.74, 6) is 0.137. The largest absolute Gasteiger partial charge is 0.351 e. The summed E-state index contributed by atoms with van der Waals surface area (Å²) in [4.78, 5) is 24.9. The first kappa shape index (κ1) is 18.8. The Morgan fingerprint density at radius 2 is 2.21 bits per heavy atom. The average Bonchev–Trinajstić information content (AvgIpc) is 2.76. The van der Waals surface area contributed by atoms with E-state index in [1.165, 1.54) is 6.92 Å². The monoisotopic (exact) mass is 339 g/mol. The quantitative estimate of drug-likeness (QED) is 0.739. The normalized spacial score (nSPS) is 19.0. The molecule has 105 valence electrons. The van der Waals surface area contributed by atoms with Gasteiger partial charge in [0.25, 0.3) is 0 Å². The molecule has 0 unspecified atom stereocenters. The molecule has 1 amide bonds. The Bertz CT molecular complexity index is 342. The number of carbonyl (C=O) groups is 2. The number of amides is 1. The van der Waals surface area contributed by atoms with Gasteiger partial charge in [-0.3, -0.25) is 4.79 Å². The zero-order valence-electron chi connectivity index (χ0n) is 11.8. The summed E-state index contributed by atoms with van der Waals surface area (Å²) in [6.45, 7) is 6.51. The molecule has 1 N–H and O–H groups in total. The molecule has 5 heteroatoms. The molecule has 1 saturated heterocycles. The molecular weight excluding hydrogens is 317 g/mol. The third-order valence-corrected chi connectivity index (χ3v) is 3.03. The summed E-state index contributed by atoms with van der Waals surface area (Å²) < 4.78 is 0. The van der Waals surface area contributed by atoms with Crippen LogP contribution in [0.15, 0.2) is 11.6 Å². The fourth-order valence-corrected chi connectivity index (χ4v) is 2.24. The van der Waals surface area contributed by atoms with Crippen LogP contribution in [0.2, 0.25) is 0 Å². The smallest absolute Gasteiger partial charge is 0.235 e. The number of rotatable bonds is 6. The SMILES string of the molecule is [CH2-]C/C(=C\[C@@H]1CCCN1C(=O)CNC)[CH-]C(C)=O.[Y]. The maximum absolute atomic E-state index is 11.9. The molecule has 0 bridgehead atoms. The number of ketones is 1. The topological polar surface area (TPSA) is 49.4 Å². The van der Waals surface area contributed by atoms with Crippen LogP contribution in [0.4, 0.5) is 0 Å². The molecule has 0 aromatic heterocycles. The second-order valence-electron chi connectivity index (χ2n) is 4.57. The van der Waals surface area contributed by atoms with Gasteiger partial charge in [0.1, 0.15) is 0 Å². The first-order valence-electron chi connectivity index (χ1n) is 6.37. The van der Waals surface area contributed by atoms with Crippen molar-refractivity contribution >= 4 is 11.7 Å². The van der Waals surface area contributed by atoms with Crippen molar-refractivity contribution in [2.24, 2.45) is 0 Å². The minimum absolute atomic E-state index is 0. The predicted molar refractivity (Wildman–Crippen MR) is 71.7 cm³/mol. The number of nitrogens with zero attached hydrogens (tertiary/aromatic N) is 1. The van der Waals surface area contributed by atoms with E-state index in [1.54, 1.807) is 13.5 Å². The van der Waals surface area contributed by atoms with Gasteiger partial charge in [-0.1, -0.05) is 0 Å². The number of hydrogen-bond donors (Lipinski definition) is 1. The number of Topliss-reactive ketones (excluding diaryl/α,β-unsaturated/α-hetero) is 1.